The van der Waals surface area contributed by atoms with E-state index in [9.17, 15) is 4.79 Å². The fourth-order valence-electron chi connectivity index (χ4n) is 1.87. The fourth-order valence-corrected chi connectivity index (χ4v) is 1.87. The van der Waals surface area contributed by atoms with Crippen LogP contribution < -0.4 is 11.1 Å². The molecule has 0 saturated carbocycles. The van der Waals surface area contributed by atoms with Crippen LogP contribution in [-0.4, -0.2) is 12.5 Å². The van der Waals surface area contributed by atoms with Gasteiger partial charge in [-0.1, -0.05) is 54.6 Å². The molecule has 106 valence electrons. The molecule has 0 aliphatic heterocycles. The Morgan fingerprint density at radius 2 is 1.55 bits per heavy atom. The summed E-state index contributed by atoms with van der Waals surface area (Å²) < 4.78 is 0. The third kappa shape index (κ3) is 4.68. The van der Waals surface area contributed by atoms with Gasteiger partial charge < -0.3 is 11.1 Å². The first kappa shape index (κ1) is 16.2. The third-order valence-electron chi connectivity index (χ3n) is 2.92. The molecular formula is C16H19ClN2O. The molecule has 1 amide bonds. The molecule has 20 heavy (non-hydrogen) atoms. The molecule has 2 aromatic rings. The topological polar surface area (TPSA) is 55.1 Å². The van der Waals surface area contributed by atoms with Gasteiger partial charge in [0.05, 0.1) is 0 Å². The first-order chi connectivity index (χ1) is 9.29. The number of hydrogen-bond acceptors (Lipinski definition) is 2. The first-order valence-electron chi connectivity index (χ1n) is 6.41. The van der Waals surface area contributed by atoms with Crippen LogP contribution >= 0.6 is 12.4 Å². The Hall–Kier alpha value is -1.84. The van der Waals surface area contributed by atoms with Gasteiger partial charge in [0.1, 0.15) is 0 Å². The van der Waals surface area contributed by atoms with Gasteiger partial charge in [0.25, 0.3) is 0 Å². The van der Waals surface area contributed by atoms with Crippen LogP contribution in [0, 0.1) is 0 Å². The Labute approximate surface area is 125 Å². The molecule has 0 radical (unpaired) electrons. The monoisotopic (exact) mass is 290 g/mol. The van der Waals surface area contributed by atoms with Crippen molar-refractivity contribution in [2.24, 2.45) is 5.73 Å². The van der Waals surface area contributed by atoms with Crippen molar-refractivity contribution in [1.82, 2.24) is 5.32 Å². The average Bonchev–Trinajstić information content (AvgIpc) is 2.47. The summed E-state index contributed by atoms with van der Waals surface area (Å²) in [4.78, 5) is 11.3. The standard InChI is InChI=1S/C16H18N2O.ClH/c17-11-10-16(19)18-12-13-6-8-15(9-7-13)14-4-2-1-3-5-14;/h1-9H,10-12,17H2,(H,18,19);1H. The summed E-state index contributed by atoms with van der Waals surface area (Å²) >= 11 is 0. The molecule has 3 N–H and O–H groups in total. The third-order valence-corrected chi connectivity index (χ3v) is 2.92. The molecule has 0 unspecified atom stereocenters. The van der Waals surface area contributed by atoms with Crippen molar-refractivity contribution < 1.29 is 4.79 Å². The lowest BCUT2D eigenvalue weighted by molar-refractivity contribution is -0.121. The Morgan fingerprint density at radius 1 is 0.950 bits per heavy atom. The molecule has 0 aliphatic rings. The molecule has 2 aromatic carbocycles. The van der Waals surface area contributed by atoms with E-state index in [2.05, 4.69) is 29.6 Å². The number of carbonyl (C=O) groups is 1. The average molecular weight is 291 g/mol. The van der Waals surface area contributed by atoms with E-state index in [1.165, 1.54) is 11.1 Å². The number of amides is 1. The number of rotatable bonds is 5. The van der Waals surface area contributed by atoms with Crippen LogP contribution in [0.5, 0.6) is 0 Å². The van der Waals surface area contributed by atoms with E-state index in [0.717, 1.165) is 5.56 Å². The Morgan fingerprint density at radius 3 is 2.15 bits per heavy atom. The molecule has 4 heteroatoms. The molecule has 0 fully saturated rings. The molecule has 0 saturated heterocycles. The number of hydrogen-bond donors (Lipinski definition) is 2. The molecule has 2 rings (SSSR count). The van der Waals surface area contributed by atoms with Gasteiger partial charge in [-0.2, -0.15) is 0 Å². The SMILES string of the molecule is Cl.NCCC(=O)NCc1ccc(-c2ccccc2)cc1. The van der Waals surface area contributed by atoms with Crippen LogP contribution in [0.3, 0.4) is 0 Å². The van der Waals surface area contributed by atoms with Gasteiger partial charge in [0.2, 0.25) is 5.91 Å². The van der Waals surface area contributed by atoms with E-state index < -0.39 is 0 Å². The summed E-state index contributed by atoms with van der Waals surface area (Å²) in [5, 5.41) is 2.84. The number of carbonyl (C=O) groups excluding carboxylic acids is 1. The molecule has 0 spiro atoms. The van der Waals surface area contributed by atoms with Crippen LogP contribution in [0.2, 0.25) is 0 Å². The zero-order chi connectivity index (χ0) is 13.5. The van der Waals surface area contributed by atoms with Crippen LogP contribution in [0.15, 0.2) is 54.6 Å². The van der Waals surface area contributed by atoms with Crippen molar-refractivity contribution in [2.75, 3.05) is 6.54 Å². The van der Waals surface area contributed by atoms with E-state index in [1.807, 2.05) is 30.3 Å². The summed E-state index contributed by atoms with van der Waals surface area (Å²) in [6.07, 6.45) is 0.377. The lowest BCUT2D eigenvalue weighted by Gasteiger charge is -2.06. The van der Waals surface area contributed by atoms with E-state index in [-0.39, 0.29) is 18.3 Å². The second-order valence-electron chi connectivity index (χ2n) is 4.38. The van der Waals surface area contributed by atoms with Gasteiger partial charge in [-0.3, -0.25) is 4.79 Å². The minimum Gasteiger partial charge on any atom is -0.352 e. The number of benzene rings is 2. The van der Waals surface area contributed by atoms with Crippen LogP contribution in [0.25, 0.3) is 11.1 Å². The van der Waals surface area contributed by atoms with Gasteiger partial charge in [-0.15, -0.1) is 12.4 Å². The van der Waals surface area contributed by atoms with Crippen LogP contribution in [0.4, 0.5) is 0 Å². The van der Waals surface area contributed by atoms with Gasteiger partial charge in [-0.25, -0.2) is 0 Å². The van der Waals surface area contributed by atoms with E-state index in [0.29, 0.717) is 19.5 Å². The van der Waals surface area contributed by atoms with Gasteiger partial charge >= 0.3 is 0 Å². The number of halogens is 1. The Balaban J connectivity index is 0.00000200. The second kappa shape index (κ2) is 8.35. The quantitative estimate of drug-likeness (QED) is 0.889. The van der Waals surface area contributed by atoms with Gasteiger partial charge in [0.15, 0.2) is 0 Å². The molecule has 0 aromatic heterocycles. The first-order valence-corrected chi connectivity index (χ1v) is 6.41. The van der Waals surface area contributed by atoms with Crippen molar-refractivity contribution in [3.63, 3.8) is 0 Å². The summed E-state index contributed by atoms with van der Waals surface area (Å²) in [6, 6.07) is 18.4. The van der Waals surface area contributed by atoms with Crippen molar-refractivity contribution in [2.45, 2.75) is 13.0 Å². The lowest BCUT2D eigenvalue weighted by Crippen LogP contribution is -2.24. The summed E-state index contributed by atoms with van der Waals surface area (Å²) in [5.41, 5.74) is 8.78. The molecule has 0 bridgehead atoms. The highest BCUT2D eigenvalue weighted by Crippen LogP contribution is 2.19. The Kier molecular flexibility index (Phi) is 6.77. The van der Waals surface area contributed by atoms with Crippen LogP contribution in [0.1, 0.15) is 12.0 Å². The maximum absolute atomic E-state index is 11.3. The minimum absolute atomic E-state index is 0. The number of nitrogens with two attached hydrogens (primary N) is 1. The highest BCUT2D eigenvalue weighted by Gasteiger charge is 2.00. The highest BCUT2D eigenvalue weighted by atomic mass is 35.5. The Bertz CT molecular complexity index is 526. The van der Waals surface area contributed by atoms with E-state index >= 15 is 0 Å². The van der Waals surface area contributed by atoms with E-state index in [1.54, 1.807) is 0 Å². The lowest BCUT2D eigenvalue weighted by atomic mass is 10.0. The largest absolute Gasteiger partial charge is 0.352 e. The van der Waals surface area contributed by atoms with E-state index in [4.69, 9.17) is 5.73 Å². The maximum Gasteiger partial charge on any atom is 0.221 e. The summed E-state index contributed by atoms with van der Waals surface area (Å²) in [7, 11) is 0. The molecule has 0 aliphatic carbocycles. The predicted octanol–water partition coefficient (Wildman–Crippen LogP) is 2.74. The summed E-state index contributed by atoms with van der Waals surface area (Å²) in [6.45, 7) is 0.937. The van der Waals surface area contributed by atoms with Gasteiger partial charge in [0, 0.05) is 19.5 Å². The molecule has 0 heterocycles. The predicted molar refractivity (Wildman–Crippen MR) is 84.6 cm³/mol. The van der Waals surface area contributed by atoms with Crippen LogP contribution in [-0.2, 0) is 11.3 Å². The second-order valence-corrected chi connectivity index (χ2v) is 4.38. The summed E-state index contributed by atoms with van der Waals surface area (Å²) in [5.74, 6) is -0.00497. The van der Waals surface area contributed by atoms with Crippen molar-refractivity contribution in [1.29, 1.82) is 0 Å². The normalized spacial score (nSPS) is 9.65. The zero-order valence-electron chi connectivity index (χ0n) is 11.2. The smallest absolute Gasteiger partial charge is 0.221 e. The van der Waals surface area contributed by atoms with Gasteiger partial charge in [-0.05, 0) is 16.7 Å². The highest BCUT2D eigenvalue weighted by molar-refractivity contribution is 5.85. The fraction of sp³-hybridized carbons (Fsp3) is 0.188. The minimum atomic E-state index is -0.00497. The molecule has 0 atom stereocenters. The molecule has 3 nitrogen and oxygen atoms in total. The number of nitrogens with one attached hydrogen (secondary N) is 1. The van der Waals surface area contributed by atoms with Crippen molar-refractivity contribution in [3.05, 3.63) is 60.2 Å². The zero-order valence-corrected chi connectivity index (χ0v) is 12.0. The van der Waals surface area contributed by atoms with Crippen molar-refractivity contribution >= 4 is 18.3 Å². The molecular weight excluding hydrogens is 272 g/mol. The van der Waals surface area contributed by atoms with Crippen molar-refractivity contribution in [3.8, 4) is 11.1 Å². The maximum atomic E-state index is 11.3.